The molecule has 1 saturated heterocycles. The van der Waals surface area contributed by atoms with Gasteiger partial charge in [-0.05, 0) is 53.8 Å². The number of benzene rings is 1. The lowest BCUT2D eigenvalue weighted by Crippen LogP contribution is -2.62. The molecule has 8 atom stereocenters. The van der Waals surface area contributed by atoms with E-state index in [1.165, 1.54) is 0 Å². The minimum absolute atomic E-state index is 0.0106. The van der Waals surface area contributed by atoms with Gasteiger partial charge >= 0.3 is 0 Å². The number of aliphatic hydroxyl groups excluding tert-OH is 1. The summed E-state index contributed by atoms with van der Waals surface area (Å²) >= 11 is 1.55. The van der Waals surface area contributed by atoms with Crippen molar-refractivity contribution in [3.8, 4) is 0 Å². The van der Waals surface area contributed by atoms with Gasteiger partial charge in [-0.1, -0.05) is 32.1 Å². The molecule has 6 heteroatoms. The molecule has 0 radical (unpaired) electrons. The normalized spacial score (nSPS) is 37.9. The number of aliphatic hydroxyl groups is 1. The fourth-order valence-electron chi connectivity index (χ4n) is 5.49. The Balaban J connectivity index is 1.70. The average Bonchev–Trinajstić information content (AvgIpc) is 3.13. The Kier molecular flexibility index (Phi) is 5.55. The third-order valence-corrected chi connectivity index (χ3v) is 7.94. The van der Waals surface area contributed by atoms with Crippen LogP contribution >= 0.6 is 11.8 Å². The monoisotopic (exact) mass is 404 g/mol. The molecule has 4 nitrogen and oxygen atoms in total. The van der Waals surface area contributed by atoms with Gasteiger partial charge in [-0.15, -0.1) is 11.8 Å². The van der Waals surface area contributed by atoms with Gasteiger partial charge in [0.1, 0.15) is 5.82 Å². The van der Waals surface area contributed by atoms with Gasteiger partial charge in [0, 0.05) is 24.4 Å². The Morgan fingerprint density at radius 2 is 2.21 bits per heavy atom. The van der Waals surface area contributed by atoms with Crippen LogP contribution in [0.25, 0.3) is 0 Å². The van der Waals surface area contributed by atoms with Crippen LogP contribution in [0.1, 0.15) is 43.2 Å². The SMILES string of the molecule is CNC[C@H](C)c1ccc(C2C(O)CC(C)C3NC(=O)C4SC=CC4C32)cc1F. The molecule has 1 aromatic carbocycles. The zero-order chi connectivity index (χ0) is 20.0. The van der Waals surface area contributed by atoms with Gasteiger partial charge in [0.25, 0.3) is 0 Å². The van der Waals surface area contributed by atoms with Crippen LogP contribution in [0.5, 0.6) is 0 Å². The molecular weight excluding hydrogens is 375 g/mol. The van der Waals surface area contributed by atoms with Gasteiger partial charge in [0.15, 0.2) is 0 Å². The highest BCUT2D eigenvalue weighted by atomic mass is 32.2. The largest absolute Gasteiger partial charge is 0.392 e. The van der Waals surface area contributed by atoms with E-state index in [9.17, 15) is 14.3 Å². The molecule has 3 N–H and O–H groups in total. The predicted octanol–water partition coefficient (Wildman–Crippen LogP) is 2.99. The Labute approximate surface area is 170 Å². The molecule has 2 aliphatic heterocycles. The average molecular weight is 405 g/mol. The van der Waals surface area contributed by atoms with Crippen LogP contribution in [0.3, 0.4) is 0 Å². The Bertz CT molecular complexity index is 786. The predicted molar refractivity (Wildman–Crippen MR) is 111 cm³/mol. The summed E-state index contributed by atoms with van der Waals surface area (Å²) in [5.74, 6) is 0.127. The van der Waals surface area contributed by atoms with Gasteiger partial charge in [0.05, 0.1) is 11.4 Å². The van der Waals surface area contributed by atoms with Crippen LogP contribution in [0, 0.1) is 23.6 Å². The van der Waals surface area contributed by atoms with E-state index in [1.54, 1.807) is 17.8 Å². The van der Waals surface area contributed by atoms with Crippen molar-refractivity contribution >= 4 is 17.7 Å². The van der Waals surface area contributed by atoms with Gasteiger partial charge in [0.2, 0.25) is 5.91 Å². The maximum atomic E-state index is 14.9. The molecule has 1 amide bonds. The summed E-state index contributed by atoms with van der Waals surface area (Å²) in [4.78, 5) is 12.5. The molecule has 2 heterocycles. The van der Waals surface area contributed by atoms with E-state index in [4.69, 9.17) is 0 Å². The molecule has 1 saturated carbocycles. The van der Waals surface area contributed by atoms with Crippen molar-refractivity contribution in [1.29, 1.82) is 0 Å². The van der Waals surface area contributed by atoms with E-state index in [0.717, 1.165) is 5.56 Å². The van der Waals surface area contributed by atoms with Gasteiger partial charge in [-0.25, -0.2) is 4.39 Å². The highest BCUT2D eigenvalue weighted by molar-refractivity contribution is 8.03. The molecule has 0 bridgehead atoms. The molecule has 7 unspecified atom stereocenters. The van der Waals surface area contributed by atoms with Crippen molar-refractivity contribution in [1.82, 2.24) is 10.6 Å². The molecule has 2 fully saturated rings. The number of amides is 1. The van der Waals surface area contributed by atoms with E-state index >= 15 is 0 Å². The number of piperidine rings is 1. The first-order valence-corrected chi connectivity index (χ1v) is 11.1. The van der Waals surface area contributed by atoms with Crippen LogP contribution in [-0.2, 0) is 4.79 Å². The number of thioether (sulfide) groups is 1. The smallest absolute Gasteiger partial charge is 0.234 e. The van der Waals surface area contributed by atoms with E-state index in [0.29, 0.717) is 18.5 Å². The van der Waals surface area contributed by atoms with Crippen LogP contribution in [0.15, 0.2) is 29.7 Å². The van der Waals surface area contributed by atoms with Crippen molar-refractivity contribution in [3.05, 3.63) is 46.6 Å². The number of allylic oxidation sites excluding steroid dienone is 1. The summed E-state index contributed by atoms with van der Waals surface area (Å²) < 4.78 is 14.9. The van der Waals surface area contributed by atoms with E-state index in [2.05, 4.69) is 23.6 Å². The fraction of sp³-hybridized carbons (Fsp3) is 0.591. The lowest BCUT2D eigenvalue weighted by atomic mass is 9.60. The van der Waals surface area contributed by atoms with Crippen molar-refractivity contribution in [2.45, 2.75) is 49.5 Å². The summed E-state index contributed by atoms with van der Waals surface area (Å²) in [6, 6.07) is 5.46. The van der Waals surface area contributed by atoms with Crippen LogP contribution in [0.2, 0.25) is 0 Å². The molecule has 3 aliphatic rings. The first-order chi connectivity index (χ1) is 13.4. The summed E-state index contributed by atoms with van der Waals surface area (Å²) in [6.07, 6.45) is 2.19. The van der Waals surface area contributed by atoms with E-state index in [-0.39, 0.29) is 52.6 Å². The molecule has 0 spiro atoms. The zero-order valence-electron chi connectivity index (χ0n) is 16.6. The summed E-state index contributed by atoms with van der Waals surface area (Å²) in [5, 5.41) is 19.2. The van der Waals surface area contributed by atoms with Crippen molar-refractivity contribution < 1.29 is 14.3 Å². The van der Waals surface area contributed by atoms with Crippen molar-refractivity contribution in [3.63, 3.8) is 0 Å². The maximum absolute atomic E-state index is 14.9. The summed E-state index contributed by atoms with van der Waals surface area (Å²) in [5.41, 5.74) is 1.53. The van der Waals surface area contributed by atoms with Crippen molar-refractivity contribution in [2.75, 3.05) is 13.6 Å². The minimum atomic E-state index is -0.536. The quantitative estimate of drug-likeness (QED) is 0.722. The number of likely N-dealkylation sites (N-methyl/N-ethyl adjacent to an activating group) is 1. The number of halogens is 1. The molecule has 0 aromatic heterocycles. The lowest BCUT2D eigenvalue weighted by Gasteiger charge is -2.51. The number of hydrogen-bond donors (Lipinski definition) is 3. The number of hydrogen-bond acceptors (Lipinski definition) is 4. The van der Waals surface area contributed by atoms with Crippen molar-refractivity contribution in [2.24, 2.45) is 17.8 Å². The van der Waals surface area contributed by atoms with Gasteiger partial charge in [-0.2, -0.15) is 0 Å². The molecule has 28 heavy (non-hydrogen) atoms. The first-order valence-electron chi connectivity index (χ1n) is 10.2. The molecular formula is C22H29FN2O2S. The lowest BCUT2D eigenvalue weighted by molar-refractivity contribution is -0.128. The fourth-order valence-corrected chi connectivity index (χ4v) is 6.57. The highest BCUT2D eigenvalue weighted by Gasteiger charge is 2.53. The third-order valence-electron chi connectivity index (χ3n) is 6.81. The molecule has 1 aliphatic carbocycles. The summed E-state index contributed by atoms with van der Waals surface area (Å²) in [7, 11) is 1.86. The number of carbonyl (C=O) groups is 1. The number of nitrogens with one attached hydrogen (secondary N) is 2. The molecule has 152 valence electrons. The minimum Gasteiger partial charge on any atom is -0.392 e. The molecule has 4 rings (SSSR count). The Hall–Kier alpha value is -1.37. The number of rotatable bonds is 4. The maximum Gasteiger partial charge on any atom is 0.234 e. The highest BCUT2D eigenvalue weighted by Crippen LogP contribution is 2.51. The summed E-state index contributed by atoms with van der Waals surface area (Å²) in [6.45, 7) is 4.80. The van der Waals surface area contributed by atoms with E-state index in [1.807, 2.05) is 31.5 Å². The standard InChI is InChI=1S/C22H29FN2O2S/c1-11-8-17(26)18(13-4-5-14(16(23)9-13)12(2)10-24-3)19-15-6-7-28-21(15)22(27)25-20(11)19/h4-7,9,11-12,15,17-21,24,26H,8,10H2,1-3H3,(H,25,27)/t11?,12-,15?,17?,18?,19?,20?,21?/m0/s1. The second kappa shape index (κ2) is 7.81. The number of carbonyl (C=O) groups excluding carboxylic acids is 1. The van der Waals surface area contributed by atoms with Crippen LogP contribution < -0.4 is 10.6 Å². The second-order valence-corrected chi connectivity index (χ2v) is 9.67. The zero-order valence-corrected chi connectivity index (χ0v) is 17.4. The van der Waals surface area contributed by atoms with Crippen LogP contribution in [-0.4, -0.2) is 42.0 Å². The Morgan fingerprint density at radius 3 is 2.93 bits per heavy atom. The number of fused-ring (bicyclic) bond motifs is 3. The van der Waals surface area contributed by atoms with Crippen LogP contribution in [0.4, 0.5) is 4.39 Å². The molecule has 1 aromatic rings. The van der Waals surface area contributed by atoms with Gasteiger partial charge in [-0.3, -0.25) is 4.79 Å². The third kappa shape index (κ3) is 3.29. The van der Waals surface area contributed by atoms with E-state index < -0.39 is 6.10 Å². The Morgan fingerprint density at radius 1 is 1.43 bits per heavy atom. The second-order valence-electron chi connectivity index (χ2n) is 8.62. The topological polar surface area (TPSA) is 61.4 Å². The first kappa shape index (κ1) is 19.9. The van der Waals surface area contributed by atoms with Gasteiger partial charge < -0.3 is 15.7 Å².